The van der Waals surface area contributed by atoms with Crippen LogP contribution in [0.5, 0.6) is 0 Å². The van der Waals surface area contributed by atoms with Crippen molar-refractivity contribution in [2.24, 2.45) is 0 Å². The Bertz CT molecular complexity index is 1310. The van der Waals surface area contributed by atoms with Gasteiger partial charge < -0.3 is 4.90 Å². The van der Waals surface area contributed by atoms with Crippen molar-refractivity contribution in [2.75, 3.05) is 26.2 Å². The van der Waals surface area contributed by atoms with E-state index in [9.17, 15) is 22.0 Å². The number of nitrogens with zero attached hydrogens (tertiary/aromatic N) is 4. The number of amides is 1. The number of piperazine rings is 1. The lowest BCUT2D eigenvalue weighted by Gasteiger charge is -2.33. The van der Waals surface area contributed by atoms with Crippen molar-refractivity contribution in [2.45, 2.75) is 24.2 Å². The summed E-state index contributed by atoms with van der Waals surface area (Å²) in [5, 5.41) is 4.56. The molecule has 7 nitrogen and oxygen atoms in total. The predicted molar refractivity (Wildman–Crippen MR) is 117 cm³/mol. The number of aromatic nitrogens is 2. The molecule has 1 amide bonds. The van der Waals surface area contributed by atoms with E-state index in [-0.39, 0.29) is 42.8 Å². The first-order valence-corrected chi connectivity index (χ1v) is 12.2. The molecule has 0 spiro atoms. The maximum Gasteiger partial charge on any atom is 0.274 e. The molecule has 3 aromatic rings. The lowest BCUT2D eigenvalue weighted by molar-refractivity contribution is 0.0690. The van der Waals surface area contributed by atoms with Crippen LogP contribution in [0.1, 0.15) is 28.2 Å². The van der Waals surface area contributed by atoms with Gasteiger partial charge in [-0.3, -0.25) is 4.79 Å². The van der Waals surface area contributed by atoms with E-state index in [1.807, 2.05) is 0 Å². The Morgan fingerprint density at radius 2 is 1.64 bits per heavy atom. The van der Waals surface area contributed by atoms with Crippen LogP contribution in [0, 0.1) is 11.6 Å². The third kappa shape index (κ3) is 3.93. The Labute approximate surface area is 190 Å². The fraction of sp³-hybridized carbons (Fsp3) is 0.304. The third-order valence-electron chi connectivity index (χ3n) is 6.16. The summed E-state index contributed by atoms with van der Waals surface area (Å²) < 4.78 is 55.5. The van der Waals surface area contributed by atoms with Gasteiger partial charge in [-0.05, 0) is 61.7 Å². The summed E-state index contributed by atoms with van der Waals surface area (Å²) in [4.78, 5) is 14.8. The van der Waals surface area contributed by atoms with Crippen LogP contribution in [0.3, 0.4) is 0 Å². The number of fused-ring (bicyclic) bond motifs is 1. The van der Waals surface area contributed by atoms with Crippen LogP contribution in [0.25, 0.3) is 5.69 Å². The largest absolute Gasteiger partial charge is 0.335 e. The highest BCUT2D eigenvalue weighted by molar-refractivity contribution is 7.89. The molecule has 33 heavy (non-hydrogen) atoms. The van der Waals surface area contributed by atoms with Crippen molar-refractivity contribution >= 4 is 15.9 Å². The van der Waals surface area contributed by atoms with E-state index in [0.29, 0.717) is 11.4 Å². The van der Waals surface area contributed by atoms with Gasteiger partial charge in [0.05, 0.1) is 10.6 Å². The molecule has 0 N–H and O–H groups in total. The van der Waals surface area contributed by atoms with E-state index < -0.39 is 15.8 Å². The number of benzene rings is 2. The summed E-state index contributed by atoms with van der Waals surface area (Å²) in [6, 6.07) is 10.9. The summed E-state index contributed by atoms with van der Waals surface area (Å²) in [6.45, 7) is 0.661. The number of sulfonamides is 1. The van der Waals surface area contributed by atoms with E-state index in [4.69, 9.17) is 0 Å². The maximum absolute atomic E-state index is 13.5. The van der Waals surface area contributed by atoms with Crippen LogP contribution in [0.4, 0.5) is 8.78 Å². The minimum absolute atomic E-state index is 0.0989. The second-order valence-corrected chi connectivity index (χ2v) is 10.1. The van der Waals surface area contributed by atoms with Gasteiger partial charge in [0.25, 0.3) is 5.91 Å². The van der Waals surface area contributed by atoms with Crippen molar-refractivity contribution in [1.82, 2.24) is 19.0 Å². The summed E-state index contributed by atoms with van der Waals surface area (Å²) in [5.41, 5.74) is 2.92. The van der Waals surface area contributed by atoms with Crippen LogP contribution in [0.15, 0.2) is 53.4 Å². The zero-order chi connectivity index (χ0) is 23.2. The average Bonchev–Trinajstić information content (AvgIpc) is 3.42. The Balaban J connectivity index is 1.35. The zero-order valence-electron chi connectivity index (χ0n) is 17.7. The van der Waals surface area contributed by atoms with E-state index in [1.54, 1.807) is 21.7 Å². The molecule has 1 aliphatic heterocycles. The highest BCUT2D eigenvalue weighted by atomic mass is 32.2. The molecule has 0 bridgehead atoms. The second-order valence-electron chi connectivity index (χ2n) is 8.17. The molecule has 2 aliphatic rings. The molecule has 1 fully saturated rings. The number of carbonyl (C=O) groups excluding carboxylic acids is 1. The van der Waals surface area contributed by atoms with Gasteiger partial charge in [0, 0.05) is 37.4 Å². The van der Waals surface area contributed by atoms with Crippen molar-refractivity contribution in [1.29, 1.82) is 0 Å². The van der Waals surface area contributed by atoms with E-state index in [1.165, 1.54) is 34.6 Å². The van der Waals surface area contributed by atoms with Crippen molar-refractivity contribution in [3.63, 3.8) is 0 Å². The topological polar surface area (TPSA) is 75.5 Å². The highest BCUT2D eigenvalue weighted by Crippen LogP contribution is 2.29. The summed E-state index contributed by atoms with van der Waals surface area (Å²) in [7, 11) is -3.84. The quantitative estimate of drug-likeness (QED) is 0.585. The third-order valence-corrected chi connectivity index (χ3v) is 8.06. The van der Waals surface area contributed by atoms with E-state index >= 15 is 0 Å². The number of carbonyl (C=O) groups is 1. The first kappa shape index (κ1) is 21.7. The Morgan fingerprint density at radius 1 is 0.909 bits per heavy atom. The molecule has 0 radical (unpaired) electrons. The van der Waals surface area contributed by atoms with Gasteiger partial charge in [0.15, 0.2) is 5.69 Å². The van der Waals surface area contributed by atoms with E-state index in [2.05, 4.69) is 5.10 Å². The van der Waals surface area contributed by atoms with Crippen molar-refractivity contribution in [3.05, 3.63) is 77.1 Å². The minimum Gasteiger partial charge on any atom is -0.335 e. The molecule has 0 atom stereocenters. The molecule has 172 valence electrons. The normalized spacial score (nSPS) is 16.7. The van der Waals surface area contributed by atoms with Crippen LogP contribution < -0.4 is 0 Å². The zero-order valence-corrected chi connectivity index (χ0v) is 18.6. The van der Waals surface area contributed by atoms with Gasteiger partial charge >= 0.3 is 0 Å². The van der Waals surface area contributed by atoms with Gasteiger partial charge in [-0.25, -0.2) is 21.9 Å². The SMILES string of the molecule is O=C(c1nn(-c2ccc(F)cc2)c2c1CCC2)N1CCN(S(=O)(=O)c2cccc(F)c2)CC1. The predicted octanol–water partition coefficient (Wildman–Crippen LogP) is 2.79. The molecule has 2 aromatic carbocycles. The average molecular weight is 473 g/mol. The first-order valence-electron chi connectivity index (χ1n) is 10.8. The molecule has 0 saturated carbocycles. The number of halogens is 2. The molecular weight excluding hydrogens is 450 g/mol. The maximum atomic E-state index is 13.5. The summed E-state index contributed by atoms with van der Waals surface area (Å²) >= 11 is 0. The monoisotopic (exact) mass is 472 g/mol. The van der Waals surface area contributed by atoms with Crippen molar-refractivity contribution < 1.29 is 22.0 Å². The van der Waals surface area contributed by atoms with E-state index in [0.717, 1.165) is 36.6 Å². The van der Waals surface area contributed by atoms with Gasteiger partial charge in [0.1, 0.15) is 11.6 Å². The number of hydrogen-bond donors (Lipinski definition) is 0. The van der Waals surface area contributed by atoms with Crippen LogP contribution >= 0.6 is 0 Å². The molecule has 1 aliphatic carbocycles. The Kier molecular flexibility index (Phi) is 5.49. The minimum atomic E-state index is -3.84. The molecular formula is C23H22F2N4O3S. The van der Waals surface area contributed by atoms with Gasteiger partial charge in [-0.2, -0.15) is 9.40 Å². The second kappa shape index (κ2) is 8.35. The summed E-state index contributed by atoms with van der Waals surface area (Å²) in [5.74, 6) is -1.20. The van der Waals surface area contributed by atoms with Gasteiger partial charge in [-0.1, -0.05) is 6.07 Å². The van der Waals surface area contributed by atoms with Gasteiger partial charge in [-0.15, -0.1) is 0 Å². The smallest absolute Gasteiger partial charge is 0.274 e. The molecule has 0 unspecified atom stereocenters. The Hall–Kier alpha value is -3.11. The van der Waals surface area contributed by atoms with Gasteiger partial charge in [0.2, 0.25) is 10.0 Å². The fourth-order valence-electron chi connectivity index (χ4n) is 4.46. The van der Waals surface area contributed by atoms with Crippen molar-refractivity contribution in [3.8, 4) is 5.69 Å². The standard InChI is InChI=1S/C23H22F2N4O3S/c24-16-7-9-18(10-8-16)29-21-6-2-5-20(21)22(26-29)23(30)27-11-13-28(14-12-27)33(31,32)19-4-1-3-17(25)15-19/h1,3-4,7-10,15H,2,5-6,11-14H2. The highest BCUT2D eigenvalue weighted by Gasteiger charge is 2.34. The molecule has 1 aromatic heterocycles. The Morgan fingerprint density at radius 3 is 2.33 bits per heavy atom. The van der Waals surface area contributed by atoms with Crippen LogP contribution in [-0.2, 0) is 22.9 Å². The molecule has 2 heterocycles. The molecule has 1 saturated heterocycles. The molecule has 5 rings (SSSR count). The van der Waals surface area contributed by atoms with Crippen LogP contribution in [0.2, 0.25) is 0 Å². The molecule has 10 heteroatoms. The lowest BCUT2D eigenvalue weighted by Crippen LogP contribution is -2.50. The number of rotatable bonds is 4. The lowest BCUT2D eigenvalue weighted by atomic mass is 10.1. The fourth-order valence-corrected chi connectivity index (χ4v) is 5.92. The van der Waals surface area contributed by atoms with Crippen LogP contribution in [-0.4, -0.2) is 59.5 Å². The first-order chi connectivity index (χ1) is 15.8. The number of hydrogen-bond acceptors (Lipinski definition) is 4. The summed E-state index contributed by atoms with van der Waals surface area (Å²) in [6.07, 6.45) is 2.44.